The number of hydrogen-bond donors (Lipinski definition) is 1. The molecule has 0 spiro atoms. The average molecular weight is 316 g/mol. The molecule has 112 valence electrons. The summed E-state index contributed by atoms with van der Waals surface area (Å²) in [6.45, 7) is 6.23. The van der Waals surface area contributed by atoms with Crippen LogP contribution < -0.4 is 5.32 Å². The summed E-state index contributed by atoms with van der Waals surface area (Å²) in [6, 6.07) is 6.30. The highest BCUT2D eigenvalue weighted by atomic mass is 35.5. The maximum Gasteiger partial charge on any atom is 0.0505 e. The zero-order valence-corrected chi connectivity index (χ0v) is 13.9. The molecule has 2 atom stereocenters. The number of rotatable bonds is 4. The first-order valence-electron chi connectivity index (χ1n) is 7.10. The molecule has 5 heteroatoms. The fourth-order valence-electron chi connectivity index (χ4n) is 2.83. The van der Waals surface area contributed by atoms with Crippen molar-refractivity contribution in [1.82, 2.24) is 15.1 Å². The topological polar surface area (TPSA) is 18.5 Å². The van der Waals surface area contributed by atoms with Crippen LogP contribution in [0.4, 0.5) is 0 Å². The van der Waals surface area contributed by atoms with E-state index >= 15 is 0 Å². The Hall–Kier alpha value is -0.320. The first kappa shape index (κ1) is 16.1. The van der Waals surface area contributed by atoms with Gasteiger partial charge in [-0.3, -0.25) is 4.90 Å². The monoisotopic (exact) mass is 315 g/mol. The van der Waals surface area contributed by atoms with E-state index in [0.29, 0.717) is 6.04 Å². The second-order valence-electron chi connectivity index (χ2n) is 5.51. The summed E-state index contributed by atoms with van der Waals surface area (Å²) in [6.07, 6.45) is 0. The van der Waals surface area contributed by atoms with E-state index in [1.807, 2.05) is 18.2 Å². The lowest BCUT2D eigenvalue weighted by Crippen LogP contribution is -2.55. The molecule has 1 N–H and O–H groups in total. The molecule has 0 saturated carbocycles. The Morgan fingerprint density at radius 3 is 2.75 bits per heavy atom. The lowest BCUT2D eigenvalue weighted by molar-refractivity contribution is 0.0881. The number of nitrogens with one attached hydrogen (secondary N) is 1. The number of likely N-dealkylation sites (N-methyl/N-ethyl adjacent to an activating group) is 3. The van der Waals surface area contributed by atoms with Crippen molar-refractivity contribution in [2.24, 2.45) is 0 Å². The molecule has 0 amide bonds. The summed E-state index contributed by atoms with van der Waals surface area (Å²) >= 11 is 12.6. The molecule has 3 nitrogen and oxygen atoms in total. The lowest BCUT2D eigenvalue weighted by atomic mass is 9.96. The van der Waals surface area contributed by atoms with Crippen LogP contribution in [0.5, 0.6) is 0 Å². The molecule has 1 aromatic carbocycles. The molecular formula is C15H23Cl2N3. The lowest BCUT2D eigenvalue weighted by Gasteiger charge is -2.42. The van der Waals surface area contributed by atoms with E-state index in [9.17, 15) is 0 Å². The van der Waals surface area contributed by atoms with Crippen LogP contribution in [0.1, 0.15) is 18.5 Å². The van der Waals surface area contributed by atoms with Crippen LogP contribution in [-0.4, -0.2) is 56.1 Å². The largest absolute Gasteiger partial charge is 0.309 e. The molecule has 1 aliphatic heterocycles. The van der Waals surface area contributed by atoms with Crippen LogP contribution in [-0.2, 0) is 0 Å². The maximum atomic E-state index is 6.40. The van der Waals surface area contributed by atoms with Crippen LogP contribution in [0.15, 0.2) is 18.2 Å². The van der Waals surface area contributed by atoms with Crippen LogP contribution in [0, 0.1) is 0 Å². The van der Waals surface area contributed by atoms with Crippen LogP contribution in [0.3, 0.4) is 0 Å². The summed E-state index contributed by atoms with van der Waals surface area (Å²) in [5.41, 5.74) is 1.09. The summed E-state index contributed by atoms with van der Waals surface area (Å²) in [4.78, 5) is 4.78. The number of hydrogen-bond acceptors (Lipinski definition) is 3. The molecule has 1 saturated heterocycles. The number of nitrogens with zero attached hydrogens (tertiary/aromatic N) is 2. The van der Waals surface area contributed by atoms with Crippen molar-refractivity contribution in [2.45, 2.75) is 19.0 Å². The van der Waals surface area contributed by atoms with Crippen LogP contribution in [0.25, 0.3) is 0 Å². The van der Waals surface area contributed by atoms with Gasteiger partial charge < -0.3 is 10.2 Å². The van der Waals surface area contributed by atoms with E-state index in [0.717, 1.165) is 41.8 Å². The molecule has 2 unspecified atom stereocenters. The van der Waals surface area contributed by atoms with Gasteiger partial charge >= 0.3 is 0 Å². The Morgan fingerprint density at radius 2 is 2.05 bits per heavy atom. The van der Waals surface area contributed by atoms with Crippen molar-refractivity contribution in [2.75, 3.05) is 40.3 Å². The van der Waals surface area contributed by atoms with Gasteiger partial charge in [-0.25, -0.2) is 0 Å². The Balaban J connectivity index is 2.32. The third-order valence-corrected chi connectivity index (χ3v) is 4.58. The number of benzene rings is 1. The minimum atomic E-state index is 0.193. The first-order valence-corrected chi connectivity index (χ1v) is 7.85. The maximum absolute atomic E-state index is 6.40. The minimum Gasteiger partial charge on any atom is -0.309 e. The van der Waals surface area contributed by atoms with Gasteiger partial charge in [0.05, 0.1) is 6.04 Å². The average Bonchev–Trinajstić information content (AvgIpc) is 2.42. The Bertz CT molecular complexity index is 453. The van der Waals surface area contributed by atoms with Gasteiger partial charge in [-0.2, -0.15) is 0 Å². The molecule has 0 radical (unpaired) electrons. The van der Waals surface area contributed by atoms with Gasteiger partial charge in [0.1, 0.15) is 0 Å². The standard InChI is InChI=1S/C15H23Cl2N3/c1-4-18-15(12-9-11(16)5-6-13(12)17)14-10-19(2)7-8-20(14)3/h5-6,9,14-15,18H,4,7-8,10H2,1-3H3. The predicted octanol–water partition coefficient (Wildman–Crippen LogP) is 2.89. The molecule has 1 fully saturated rings. The number of halogens is 2. The minimum absolute atomic E-state index is 0.193. The highest BCUT2D eigenvalue weighted by Gasteiger charge is 2.31. The molecule has 1 heterocycles. The summed E-state index contributed by atoms with van der Waals surface area (Å²) < 4.78 is 0. The zero-order chi connectivity index (χ0) is 14.7. The number of piperazine rings is 1. The molecular weight excluding hydrogens is 293 g/mol. The first-order chi connectivity index (χ1) is 9.52. The van der Waals surface area contributed by atoms with Gasteiger partial charge in [0.25, 0.3) is 0 Å². The van der Waals surface area contributed by atoms with Gasteiger partial charge in [0, 0.05) is 35.7 Å². The fraction of sp³-hybridized carbons (Fsp3) is 0.600. The van der Waals surface area contributed by atoms with Crippen molar-refractivity contribution in [3.8, 4) is 0 Å². The third-order valence-electron chi connectivity index (χ3n) is 4.00. The van der Waals surface area contributed by atoms with E-state index < -0.39 is 0 Å². The predicted molar refractivity (Wildman–Crippen MR) is 86.8 cm³/mol. The molecule has 0 aromatic heterocycles. The highest BCUT2D eigenvalue weighted by Crippen LogP contribution is 2.31. The molecule has 0 aliphatic carbocycles. The second-order valence-corrected chi connectivity index (χ2v) is 6.36. The SMILES string of the molecule is CCNC(c1cc(Cl)ccc1Cl)C1CN(C)CCN1C. The summed E-state index contributed by atoms with van der Waals surface area (Å²) in [5.74, 6) is 0. The van der Waals surface area contributed by atoms with Crippen molar-refractivity contribution in [1.29, 1.82) is 0 Å². The van der Waals surface area contributed by atoms with E-state index in [2.05, 4.69) is 36.1 Å². The second kappa shape index (κ2) is 7.10. The van der Waals surface area contributed by atoms with E-state index in [1.54, 1.807) is 0 Å². The van der Waals surface area contributed by atoms with Gasteiger partial charge in [-0.15, -0.1) is 0 Å². The fourth-order valence-corrected chi connectivity index (χ4v) is 3.25. The van der Waals surface area contributed by atoms with Crippen molar-refractivity contribution >= 4 is 23.2 Å². The summed E-state index contributed by atoms with van der Waals surface area (Å²) in [7, 11) is 4.35. The molecule has 1 aliphatic rings. The molecule has 20 heavy (non-hydrogen) atoms. The smallest absolute Gasteiger partial charge is 0.0505 e. The normalized spacial score (nSPS) is 22.9. The van der Waals surface area contributed by atoms with Crippen molar-refractivity contribution in [3.63, 3.8) is 0 Å². The van der Waals surface area contributed by atoms with Gasteiger partial charge in [-0.1, -0.05) is 30.1 Å². The van der Waals surface area contributed by atoms with E-state index in [-0.39, 0.29) is 6.04 Å². The van der Waals surface area contributed by atoms with E-state index in [1.165, 1.54) is 0 Å². The molecule has 2 rings (SSSR count). The summed E-state index contributed by atoms with van der Waals surface area (Å²) in [5, 5.41) is 5.09. The third kappa shape index (κ3) is 3.66. The van der Waals surface area contributed by atoms with E-state index in [4.69, 9.17) is 23.2 Å². The van der Waals surface area contributed by atoms with Crippen molar-refractivity contribution < 1.29 is 0 Å². The molecule has 1 aromatic rings. The van der Waals surface area contributed by atoms with Gasteiger partial charge in [0.2, 0.25) is 0 Å². The van der Waals surface area contributed by atoms with Gasteiger partial charge in [-0.05, 0) is 44.4 Å². The Labute approximate surface area is 131 Å². The Morgan fingerprint density at radius 1 is 1.30 bits per heavy atom. The quantitative estimate of drug-likeness (QED) is 0.921. The zero-order valence-electron chi connectivity index (χ0n) is 12.4. The molecule has 0 bridgehead atoms. The van der Waals surface area contributed by atoms with Crippen LogP contribution >= 0.6 is 23.2 Å². The highest BCUT2D eigenvalue weighted by molar-refractivity contribution is 6.33. The van der Waals surface area contributed by atoms with Crippen LogP contribution in [0.2, 0.25) is 10.0 Å². The Kier molecular flexibility index (Phi) is 5.70. The van der Waals surface area contributed by atoms with Crippen molar-refractivity contribution in [3.05, 3.63) is 33.8 Å². The van der Waals surface area contributed by atoms with Gasteiger partial charge in [0.15, 0.2) is 0 Å².